The first kappa shape index (κ1) is 12.7. The fourth-order valence-corrected chi connectivity index (χ4v) is 1.58. The number of aromatic nitrogens is 1. The molecule has 92 valence electrons. The molecule has 0 bridgehead atoms. The number of amides is 2. The normalized spacial score (nSPS) is 9.89. The largest absolute Gasteiger partial charge is 0.324 e. The molecule has 0 aliphatic rings. The van der Waals surface area contributed by atoms with Gasteiger partial charge in [0.2, 0.25) is 0 Å². The molecule has 0 unspecified atom stereocenters. The highest BCUT2D eigenvalue weighted by molar-refractivity contribution is 6.33. The maximum absolute atomic E-state index is 11.7. The number of hydrogen-bond acceptors (Lipinski definition) is 2. The van der Waals surface area contributed by atoms with Gasteiger partial charge in [0.15, 0.2) is 5.82 Å². The Balaban J connectivity index is 2.01. The molecule has 1 aromatic carbocycles. The van der Waals surface area contributed by atoms with Crippen LogP contribution in [0, 0.1) is 0 Å². The highest BCUT2D eigenvalue weighted by Crippen LogP contribution is 2.18. The number of pyridine rings is 1. The Morgan fingerprint density at radius 1 is 1.06 bits per heavy atom. The zero-order chi connectivity index (χ0) is 13.0. The molecule has 0 atom stereocenters. The van der Waals surface area contributed by atoms with Crippen molar-refractivity contribution in [3.05, 3.63) is 52.6 Å². The summed E-state index contributed by atoms with van der Waals surface area (Å²) in [5, 5.41) is 6.17. The van der Waals surface area contributed by atoms with E-state index >= 15 is 0 Å². The number of urea groups is 1. The van der Waals surface area contributed by atoms with Crippen LogP contribution in [0.3, 0.4) is 0 Å². The van der Waals surface area contributed by atoms with Crippen LogP contribution in [-0.4, -0.2) is 11.0 Å². The minimum absolute atomic E-state index is 0.311. The predicted octanol–water partition coefficient (Wildman–Crippen LogP) is 4.03. The second kappa shape index (κ2) is 5.71. The van der Waals surface area contributed by atoms with Crippen LogP contribution in [0.15, 0.2) is 42.6 Å². The van der Waals surface area contributed by atoms with Gasteiger partial charge in [-0.05, 0) is 36.4 Å². The first-order valence-electron chi connectivity index (χ1n) is 5.09. The molecule has 1 heterocycles. The smallest absolute Gasteiger partial charge is 0.308 e. The van der Waals surface area contributed by atoms with Crippen LogP contribution in [0.1, 0.15) is 0 Å². The van der Waals surface area contributed by atoms with E-state index in [1.54, 1.807) is 42.6 Å². The highest BCUT2D eigenvalue weighted by Gasteiger charge is 2.06. The number of benzene rings is 1. The maximum Gasteiger partial charge on any atom is 0.324 e. The molecule has 18 heavy (non-hydrogen) atoms. The predicted molar refractivity (Wildman–Crippen MR) is 73.3 cm³/mol. The molecule has 0 saturated carbocycles. The summed E-state index contributed by atoms with van der Waals surface area (Å²) in [6.07, 6.45) is 1.55. The number of hydrogen-bond donors (Lipinski definition) is 2. The average molecular weight is 282 g/mol. The van der Waals surface area contributed by atoms with Crippen molar-refractivity contribution in [2.24, 2.45) is 0 Å². The van der Waals surface area contributed by atoms with E-state index in [-0.39, 0.29) is 0 Å². The monoisotopic (exact) mass is 281 g/mol. The van der Waals surface area contributed by atoms with E-state index < -0.39 is 6.03 Å². The van der Waals surface area contributed by atoms with Gasteiger partial charge in [0.05, 0.1) is 5.02 Å². The first-order chi connectivity index (χ1) is 8.65. The quantitative estimate of drug-likeness (QED) is 0.873. The molecule has 0 saturated heterocycles. The third-order valence-electron chi connectivity index (χ3n) is 2.09. The van der Waals surface area contributed by atoms with Crippen molar-refractivity contribution < 1.29 is 4.79 Å². The van der Waals surface area contributed by atoms with Crippen molar-refractivity contribution in [1.29, 1.82) is 0 Å². The van der Waals surface area contributed by atoms with Gasteiger partial charge in [-0.2, -0.15) is 0 Å². The zero-order valence-electron chi connectivity index (χ0n) is 9.15. The average Bonchev–Trinajstić information content (AvgIpc) is 2.35. The molecule has 2 rings (SSSR count). The fourth-order valence-electron chi connectivity index (χ4n) is 1.28. The summed E-state index contributed by atoms with van der Waals surface area (Å²) in [4.78, 5) is 15.6. The van der Waals surface area contributed by atoms with E-state index in [0.717, 1.165) is 0 Å². The van der Waals surface area contributed by atoms with Crippen LogP contribution in [-0.2, 0) is 0 Å². The Labute approximate surface area is 114 Å². The van der Waals surface area contributed by atoms with Gasteiger partial charge >= 0.3 is 6.03 Å². The molecule has 4 nitrogen and oxygen atoms in total. The van der Waals surface area contributed by atoms with E-state index in [9.17, 15) is 4.79 Å². The number of rotatable bonds is 2. The number of carbonyl (C=O) groups excluding carboxylic acids is 1. The number of halogens is 2. The lowest BCUT2D eigenvalue weighted by atomic mass is 10.3. The lowest BCUT2D eigenvalue weighted by Gasteiger charge is -2.07. The molecular formula is C12H9Cl2N3O. The standard InChI is InChI=1S/C12H9Cl2N3O/c13-8-3-5-9(6-4-8)16-12(18)17-11-10(14)2-1-7-15-11/h1-7H,(H2,15,16,17,18). The summed E-state index contributed by atoms with van der Waals surface area (Å²) in [5.74, 6) is 0.311. The van der Waals surface area contributed by atoms with Gasteiger partial charge in [0.1, 0.15) is 0 Å². The summed E-state index contributed by atoms with van der Waals surface area (Å²) in [5.41, 5.74) is 0.629. The molecule has 0 fully saturated rings. The number of carbonyl (C=O) groups is 1. The van der Waals surface area contributed by atoms with Crippen molar-refractivity contribution in [2.75, 3.05) is 10.6 Å². The molecular weight excluding hydrogens is 273 g/mol. The van der Waals surface area contributed by atoms with Gasteiger partial charge in [-0.1, -0.05) is 23.2 Å². The summed E-state index contributed by atoms with van der Waals surface area (Å²) in [6, 6.07) is 9.68. The van der Waals surface area contributed by atoms with Crippen LogP contribution in [0.4, 0.5) is 16.3 Å². The molecule has 2 aromatic rings. The van der Waals surface area contributed by atoms with Crippen molar-refractivity contribution in [1.82, 2.24) is 4.98 Å². The number of nitrogens with zero attached hydrogens (tertiary/aromatic N) is 1. The molecule has 6 heteroatoms. The fraction of sp³-hybridized carbons (Fsp3) is 0. The van der Waals surface area contributed by atoms with Gasteiger partial charge < -0.3 is 5.32 Å². The van der Waals surface area contributed by atoms with Gasteiger partial charge in [-0.15, -0.1) is 0 Å². The topological polar surface area (TPSA) is 54.0 Å². The zero-order valence-corrected chi connectivity index (χ0v) is 10.7. The Morgan fingerprint density at radius 3 is 2.44 bits per heavy atom. The van der Waals surface area contributed by atoms with Crippen LogP contribution < -0.4 is 10.6 Å². The van der Waals surface area contributed by atoms with Crippen LogP contribution in [0.25, 0.3) is 0 Å². The Hall–Kier alpha value is -1.78. The molecule has 2 N–H and O–H groups in total. The minimum atomic E-state index is -0.419. The molecule has 1 aromatic heterocycles. The lowest BCUT2D eigenvalue weighted by molar-refractivity contribution is 0.262. The SMILES string of the molecule is O=C(Nc1ccc(Cl)cc1)Nc1ncccc1Cl. The van der Waals surface area contributed by atoms with E-state index in [4.69, 9.17) is 23.2 Å². The lowest BCUT2D eigenvalue weighted by Crippen LogP contribution is -2.20. The Bertz CT molecular complexity index is 558. The molecule has 2 amide bonds. The Morgan fingerprint density at radius 2 is 1.78 bits per heavy atom. The summed E-state index contributed by atoms with van der Waals surface area (Å²) in [7, 11) is 0. The Kier molecular flexibility index (Phi) is 4.02. The van der Waals surface area contributed by atoms with E-state index in [2.05, 4.69) is 15.6 Å². The van der Waals surface area contributed by atoms with E-state index in [1.165, 1.54) is 0 Å². The summed E-state index contributed by atoms with van der Waals surface area (Å²) in [6.45, 7) is 0. The minimum Gasteiger partial charge on any atom is -0.308 e. The second-order valence-electron chi connectivity index (χ2n) is 3.42. The van der Waals surface area contributed by atoms with Crippen LogP contribution in [0.2, 0.25) is 10.0 Å². The molecule has 0 aliphatic heterocycles. The number of nitrogens with one attached hydrogen (secondary N) is 2. The van der Waals surface area contributed by atoms with Crippen LogP contribution in [0.5, 0.6) is 0 Å². The molecule has 0 spiro atoms. The van der Waals surface area contributed by atoms with E-state index in [0.29, 0.717) is 21.6 Å². The summed E-state index contributed by atoms with van der Waals surface area (Å²) >= 11 is 11.6. The third kappa shape index (κ3) is 3.35. The van der Waals surface area contributed by atoms with Gasteiger partial charge in [0.25, 0.3) is 0 Å². The van der Waals surface area contributed by atoms with Gasteiger partial charge in [0, 0.05) is 16.9 Å². The van der Waals surface area contributed by atoms with Crippen molar-refractivity contribution in [2.45, 2.75) is 0 Å². The second-order valence-corrected chi connectivity index (χ2v) is 4.26. The van der Waals surface area contributed by atoms with Gasteiger partial charge in [-0.3, -0.25) is 5.32 Å². The number of anilines is 2. The van der Waals surface area contributed by atoms with Crippen LogP contribution >= 0.6 is 23.2 Å². The van der Waals surface area contributed by atoms with Crippen molar-refractivity contribution in [3.63, 3.8) is 0 Å². The summed E-state index contributed by atoms with van der Waals surface area (Å²) < 4.78 is 0. The van der Waals surface area contributed by atoms with E-state index in [1.807, 2.05) is 0 Å². The van der Waals surface area contributed by atoms with Crippen molar-refractivity contribution in [3.8, 4) is 0 Å². The third-order valence-corrected chi connectivity index (χ3v) is 2.65. The molecule has 0 aliphatic carbocycles. The maximum atomic E-state index is 11.7. The molecule has 0 radical (unpaired) electrons. The first-order valence-corrected chi connectivity index (χ1v) is 5.85. The van der Waals surface area contributed by atoms with Crippen molar-refractivity contribution >= 4 is 40.7 Å². The van der Waals surface area contributed by atoms with Gasteiger partial charge in [-0.25, -0.2) is 9.78 Å². The highest BCUT2D eigenvalue weighted by atomic mass is 35.5.